The normalized spacial score (nSPS) is 11.0. The van der Waals surface area contributed by atoms with E-state index in [0.717, 1.165) is 33.7 Å². The highest BCUT2D eigenvalue weighted by atomic mass is 35.5. The van der Waals surface area contributed by atoms with Crippen molar-refractivity contribution in [1.29, 1.82) is 0 Å². The Hall–Kier alpha value is -2.20. The van der Waals surface area contributed by atoms with Crippen molar-refractivity contribution in [1.82, 2.24) is 4.98 Å². The summed E-state index contributed by atoms with van der Waals surface area (Å²) in [6.45, 7) is 3.82. The number of fused-ring (bicyclic) bond motifs is 1. The topological polar surface area (TPSA) is 44.5 Å². The SMILES string of the molecule is COc1cc2nc(-c3cc(C)oc3C)cc(Cl)c2cc1OC. The van der Waals surface area contributed by atoms with Crippen LogP contribution in [-0.4, -0.2) is 19.2 Å². The number of furan rings is 1. The van der Waals surface area contributed by atoms with Crippen molar-refractivity contribution in [2.24, 2.45) is 0 Å². The average Bonchev–Trinajstić information content (AvgIpc) is 2.84. The quantitative estimate of drug-likeness (QED) is 0.697. The van der Waals surface area contributed by atoms with Crippen LogP contribution in [0, 0.1) is 13.8 Å². The highest BCUT2D eigenvalue weighted by Crippen LogP contribution is 2.37. The zero-order valence-electron chi connectivity index (χ0n) is 12.9. The molecule has 0 unspecified atom stereocenters. The Morgan fingerprint density at radius 1 is 1.00 bits per heavy atom. The third kappa shape index (κ3) is 2.40. The van der Waals surface area contributed by atoms with Crippen molar-refractivity contribution >= 4 is 22.5 Å². The van der Waals surface area contributed by atoms with E-state index in [9.17, 15) is 0 Å². The standard InChI is InChI=1S/C17H16ClNO3/c1-9-5-11(10(2)22-9)14-7-13(18)12-6-16(20-3)17(21-4)8-15(12)19-14/h5-8H,1-4H3. The Morgan fingerprint density at radius 2 is 1.68 bits per heavy atom. The molecule has 0 aliphatic rings. The zero-order valence-corrected chi connectivity index (χ0v) is 13.6. The Morgan fingerprint density at radius 3 is 2.27 bits per heavy atom. The molecule has 1 aromatic carbocycles. The molecule has 114 valence electrons. The van der Waals surface area contributed by atoms with Crippen molar-refractivity contribution in [2.75, 3.05) is 14.2 Å². The fraction of sp³-hybridized carbons (Fsp3) is 0.235. The van der Waals surface area contributed by atoms with Crippen LogP contribution < -0.4 is 9.47 Å². The number of methoxy groups -OCH3 is 2. The van der Waals surface area contributed by atoms with E-state index in [1.54, 1.807) is 14.2 Å². The average molecular weight is 318 g/mol. The number of aromatic nitrogens is 1. The van der Waals surface area contributed by atoms with Crippen LogP contribution in [0.2, 0.25) is 5.02 Å². The van der Waals surface area contributed by atoms with Crippen LogP contribution in [0.3, 0.4) is 0 Å². The summed E-state index contributed by atoms with van der Waals surface area (Å²) in [6, 6.07) is 7.46. The molecule has 5 heteroatoms. The van der Waals surface area contributed by atoms with E-state index < -0.39 is 0 Å². The number of ether oxygens (including phenoxy) is 2. The summed E-state index contributed by atoms with van der Waals surface area (Å²) >= 11 is 6.43. The Balaban J connectivity index is 2.25. The lowest BCUT2D eigenvalue weighted by atomic mass is 10.1. The van der Waals surface area contributed by atoms with Gasteiger partial charge in [-0.2, -0.15) is 0 Å². The molecule has 2 heterocycles. The van der Waals surface area contributed by atoms with Crippen molar-refractivity contribution in [3.63, 3.8) is 0 Å². The highest BCUT2D eigenvalue weighted by Gasteiger charge is 2.14. The van der Waals surface area contributed by atoms with E-state index in [0.29, 0.717) is 16.5 Å². The number of hydrogen-bond donors (Lipinski definition) is 0. The number of aryl methyl sites for hydroxylation is 2. The Bertz CT molecular complexity index is 855. The van der Waals surface area contributed by atoms with Gasteiger partial charge in [0, 0.05) is 17.0 Å². The van der Waals surface area contributed by atoms with Gasteiger partial charge in [-0.05, 0) is 32.0 Å². The molecule has 0 radical (unpaired) electrons. The van der Waals surface area contributed by atoms with Crippen LogP contribution in [0.1, 0.15) is 11.5 Å². The van der Waals surface area contributed by atoms with Crippen LogP contribution >= 0.6 is 11.6 Å². The molecule has 0 spiro atoms. The molecule has 0 saturated carbocycles. The van der Waals surface area contributed by atoms with Gasteiger partial charge < -0.3 is 13.9 Å². The van der Waals surface area contributed by atoms with E-state index in [4.69, 9.17) is 25.5 Å². The molecule has 2 aromatic heterocycles. The summed E-state index contributed by atoms with van der Waals surface area (Å²) in [5.41, 5.74) is 2.47. The van der Waals surface area contributed by atoms with E-state index >= 15 is 0 Å². The lowest BCUT2D eigenvalue weighted by Gasteiger charge is -2.11. The van der Waals surface area contributed by atoms with E-state index in [-0.39, 0.29) is 0 Å². The number of nitrogens with zero attached hydrogens (tertiary/aromatic N) is 1. The maximum absolute atomic E-state index is 6.43. The first-order chi connectivity index (χ1) is 10.5. The molecule has 3 rings (SSSR count). The molecular formula is C17H16ClNO3. The number of halogens is 1. The second-order valence-electron chi connectivity index (χ2n) is 5.04. The van der Waals surface area contributed by atoms with Gasteiger partial charge in [0.15, 0.2) is 11.5 Å². The molecule has 0 fully saturated rings. The largest absolute Gasteiger partial charge is 0.493 e. The minimum Gasteiger partial charge on any atom is -0.493 e. The summed E-state index contributed by atoms with van der Waals surface area (Å²) in [5, 5.41) is 1.43. The number of hydrogen-bond acceptors (Lipinski definition) is 4. The summed E-state index contributed by atoms with van der Waals surface area (Å²) < 4.78 is 16.2. The summed E-state index contributed by atoms with van der Waals surface area (Å²) in [6.07, 6.45) is 0. The van der Waals surface area contributed by atoms with Crippen LogP contribution in [0.15, 0.2) is 28.7 Å². The number of benzene rings is 1. The molecule has 0 atom stereocenters. The maximum atomic E-state index is 6.43. The molecule has 0 N–H and O–H groups in total. The number of pyridine rings is 1. The van der Waals surface area contributed by atoms with Crippen molar-refractivity contribution in [3.8, 4) is 22.8 Å². The molecule has 4 nitrogen and oxygen atoms in total. The lowest BCUT2D eigenvalue weighted by Crippen LogP contribution is -1.93. The van der Waals surface area contributed by atoms with E-state index in [1.807, 2.05) is 38.1 Å². The lowest BCUT2D eigenvalue weighted by molar-refractivity contribution is 0.356. The van der Waals surface area contributed by atoms with Crippen LogP contribution in [0.4, 0.5) is 0 Å². The monoisotopic (exact) mass is 317 g/mol. The molecule has 0 amide bonds. The van der Waals surface area contributed by atoms with Crippen molar-refractivity contribution in [2.45, 2.75) is 13.8 Å². The summed E-state index contributed by atoms with van der Waals surface area (Å²) in [5.74, 6) is 2.91. The van der Waals surface area contributed by atoms with Gasteiger partial charge >= 0.3 is 0 Å². The molecule has 3 aromatic rings. The van der Waals surface area contributed by atoms with Crippen LogP contribution in [-0.2, 0) is 0 Å². The van der Waals surface area contributed by atoms with Crippen molar-refractivity contribution in [3.05, 3.63) is 40.8 Å². The van der Waals surface area contributed by atoms with Gasteiger partial charge in [-0.3, -0.25) is 0 Å². The van der Waals surface area contributed by atoms with Gasteiger partial charge in [0.25, 0.3) is 0 Å². The van der Waals surface area contributed by atoms with Gasteiger partial charge in [0.05, 0.1) is 30.5 Å². The molecule has 0 aliphatic heterocycles. The van der Waals surface area contributed by atoms with E-state index in [1.165, 1.54) is 0 Å². The van der Waals surface area contributed by atoms with Gasteiger partial charge in [0.1, 0.15) is 11.5 Å². The summed E-state index contributed by atoms with van der Waals surface area (Å²) in [7, 11) is 3.19. The minimum atomic E-state index is 0.610. The highest BCUT2D eigenvalue weighted by molar-refractivity contribution is 6.35. The molecular weight excluding hydrogens is 302 g/mol. The second kappa shape index (κ2) is 5.54. The molecule has 22 heavy (non-hydrogen) atoms. The Kier molecular flexibility index (Phi) is 3.71. The molecule has 0 aliphatic carbocycles. The maximum Gasteiger partial charge on any atom is 0.162 e. The van der Waals surface area contributed by atoms with Crippen molar-refractivity contribution < 1.29 is 13.9 Å². The predicted octanol–water partition coefficient (Wildman–Crippen LogP) is 4.78. The smallest absolute Gasteiger partial charge is 0.162 e. The molecule has 0 bridgehead atoms. The third-order valence-electron chi connectivity index (χ3n) is 3.58. The first-order valence-electron chi connectivity index (χ1n) is 6.83. The first kappa shape index (κ1) is 14.7. The minimum absolute atomic E-state index is 0.610. The van der Waals surface area contributed by atoms with Gasteiger partial charge in [0.2, 0.25) is 0 Å². The van der Waals surface area contributed by atoms with Crippen LogP contribution in [0.5, 0.6) is 11.5 Å². The fourth-order valence-electron chi connectivity index (χ4n) is 2.53. The second-order valence-corrected chi connectivity index (χ2v) is 5.45. The summed E-state index contributed by atoms with van der Waals surface area (Å²) in [4.78, 5) is 4.68. The van der Waals surface area contributed by atoms with E-state index in [2.05, 4.69) is 4.98 Å². The van der Waals surface area contributed by atoms with Gasteiger partial charge in [-0.25, -0.2) is 4.98 Å². The fourth-order valence-corrected chi connectivity index (χ4v) is 2.79. The predicted molar refractivity (Wildman–Crippen MR) is 87.0 cm³/mol. The first-order valence-corrected chi connectivity index (χ1v) is 7.21. The van der Waals surface area contributed by atoms with Crippen LogP contribution in [0.25, 0.3) is 22.2 Å². The molecule has 0 saturated heterocycles. The Labute approximate surface area is 133 Å². The number of rotatable bonds is 3. The third-order valence-corrected chi connectivity index (χ3v) is 3.89. The zero-order chi connectivity index (χ0) is 15.9. The van der Waals surface area contributed by atoms with Gasteiger partial charge in [-0.15, -0.1) is 0 Å². The van der Waals surface area contributed by atoms with Gasteiger partial charge in [-0.1, -0.05) is 11.6 Å².